The number of halogens is 2. The summed E-state index contributed by atoms with van der Waals surface area (Å²) < 4.78 is 40.1. The zero-order valence-corrected chi connectivity index (χ0v) is 21.1. The quantitative estimate of drug-likeness (QED) is 0.400. The molecule has 1 aliphatic heterocycles. The number of ketones is 1. The zero-order valence-electron chi connectivity index (χ0n) is 21.1. The first kappa shape index (κ1) is 24.3. The van der Waals surface area contributed by atoms with E-state index in [-0.39, 0.29) is 28.2 Å². The van der Waals surface area contributed by atoms with Crippen LogP contribution in [0.25, 0.3) is 0 Å². The van der Waals surface area contributed by atoms with E-state index >= 15 is 0 Å². The van der Waals surface area contributed by atoms with E-state index in [1.54, 1.807) is 0 Å². The molecular formula is C25H33B2F2N3O3. The van der Waals surface area contributed by atoms with Gasteiger partial charge in [-0.15, -0.1) is 0 Å². The third kappa shape index (κ3) is 4.60. The lowest BCUT2D eigenvalue weighted by molar-refractivity contribution is 0.0959. The molecule has 1 aromatic heterocycles. The van der Waals surface area contributed by atoms with Crippen LogP contribution in [0.3, 0.4) is 0 Å². The van der Waals surface area contributed by atoms with E-state index in [1.165, 1.54) is 0 Å². The fourth-order valence-electron chi connectivity index (χ4n) is 5.89. The number of nitrogens with zero attached hydrogens (tertiary/aromatic N) is 3. The number of rotatable bonds is 9. The first-order chi connectivity index (χ1) is 16.6. The molecule has 1 aromatic carbocycles. The van der Waals surface area contributed by atoms with Gasteiger partial charge < -0.3 is 14.2 Å². The van der Waals surface area contributed by atoms with Crippen molar-refractivity contribution in [3.8, 4) is 5.75 Å². The Hall–Kier alpha value is -2.38. The summed E-state index contributed by atoms with van der Waals surface area (Å²) in [5.74, 6) is -0.582. The number of carbonyl (C=O) groups excluding carboxylic acids is 1. The Labute approximate surface area is 207 Å². The molecule has 5 rings (SSSR count). The van der Waals surface area contributed by atoms with Crippen LogP contribution in [0.4, 0.5) is 14.8 Å². The van der Waals surface area contributed by atoms with Crippen LogP contribution >= 0.6 is 0 Å². The van der Waals surface area contributed by atoms with Gasteiger partial charge in [0.05, 0.1) is 12.2 Å². The van der Waals surface area contributed by atoms with Gasteiger partial charge in [0.1, 0.15) is 33.1 Å². The molecule has 6 nitrogen and oxygen atoms in total. The van der Waals surface area contributed by atoms with Crippen LogP contribution in [0.2, 0.25) is 10.6 Å². The van der Waals surface area contributed by atoms with E-state index in [1.807, 2.05) is 0 Å². The molecule has 186 valence electrons. The standard InChI is InChI=1S/C25H33B2F2N3O3/c1-14(2)22-30-23(35-31-22)32-8-5-16(6-9-32)25(27)13-24(25,26)7-10-34-17-11-18(28)20(19(29)12-17)21(33)15-3-4-15/h11-12,14-16H,3-10,13,26-27H2,1-2H3/t24-,25-/m0/s1. The Morgan fingerprint density at radius 1 is 1.20 bits per heavy atom. The van der Waals surface area contributed by atoms with E-state index in [9.17, 15) is 13.6 Å². The molecule has 0 unspecified atom stereocenters. The first-order valence-corrected chi connectivity index (χ1v) is 12.9. The average molecular weight is 483 g/mol. The van der Waals surface area contributed by atoms with Gasteiger partial charge in [0.25, 0.3) is 0 Å². The van der Waals surface area contributed by atoms with Crippen LogP contribution in [0.15, 0.2) is 16.7 Å². The van der Waals surface area contributed by atoms with Crippen molar-refractivity contribution in [2.24, 2.45) is 11.8 Å². The van der Waals surface area contributed by atoms with Crippen LogP contribution < -0.4 is 9.64 Å². The lowest BCUT2D eigenvalue weighted by Gasteiger charge is -2.36. The number of Topliss-reactive ketones (excluding diaryl/α,β-unsaturated/α-hetero) is 1. The van der Waals surface area contributed by atoms with Gasteiger partial charge in [-0.3, -0.25) is 4.79 Å². The highest BCUT2D eigenvalue weighted by Crippen LogP contribution is 2.79. The van der Waals surface area contributed by atoms with Crippen molar-refractivity contribution >= 4 is 27.5 Å². The smallest absolute Gasteiger partial charge is 0.324 e. The van der Waals surface area contributed by atoms with Crippen molar-refractivity contribution in [3.63, 3.8) is 0 Å². The van der Waals surface area contributed by atoms with Gasteiger partial charge >= 0.3 is 6.01 Å². The van der Waals surface area contributed by atoms with Gasteiger partial charge in [-0.25, -0.2) is 8.78 Å². The number of carbonyl (C=O) groups is 1. The lowest BCUT2D eigenvalue weighted by Crippen LogP contribution is -2.36. The predicted octanol–water partition coefficient (Wildman–Crippen LogP) is 3.74. The highest BCUT2D eigenvalue weighted by Gasteiger charge is 2.62. The average Bonchev–Trinajstić information content (AvgIpc) is 3.68. The summed E-state index contributed by atoms with van der Waals surface area (Å²) in [6.45, 7) is 6.29. The molecular weight excluding hydrogens is 450 g/mol. The molecule has 2 aliphatic carbocycles. The molecule has 0 bridgehead atoms. The molecule has 3 aliphatic rings. The Bertz CT molecular complexity index is 1090. The number of ether oxygens (including phenoxy) is 1. The Morgan fingerprint density at radius 3 is 2.43 bits per heavy atom. The summed E-state index contributed by atoms with van der Waals surface area (Å²) in [5, 5.41) is 4.43. The van der Waals surface area contributed by atoms with Crippen molar-refractivity contribution in [1.29, 1.82) is 0 Å². The van der Waals surface area contributed by atoms with Crippen LogP contribution in [-0.2, 0) is 0 Å². The summed E-state index contributed by atoms with van der Waals surface area (Å²) in [6.07, 6.45) is 5.49. The maximum atomic E-state index is 14.4. The molecule has 2 aromatic rings. The van der Waals surface area contributed by atoms with Crippen LogP contribution in [0.1, 0.15) is 74.5 Å². The predicted molar refractivity (Wildman–Crippen MR) is 134 cm³/mol. The van der Waals surface area contributed by atoms with Crippen LogP contribution in [-0.4, -0.2) is 51.3 Å². The minimum Gasteiger partial charge on any atom is -0.493 e. The number of hydrogen-bond donors (Lipinski definition) is 0. The molecule has 0 radical (unpaired) electrons. The zero-order chi connectivity index (χ0) is 25.0. The summed E-state index contributed by atoms with van der Waals surface area (Å²) >= 11 is 0. The largest absolute Gasteiger partial charge is 0.493 e. The Balaban J connectivity index is 1.13. The molecule has 2 heterocycles. The highest BCUT2D eigenvalue weighted by molar-refractivity contribution is 6.31. The normalized spacial score (nSPS) is 26.8. The topological polar surface area (TPSA) is 68.5 Å². The van der Waals surface area contributed by atoms with E-state index in [2.05, 4.69) is 44.6 Å². The van der Waals surface area contributed by atoms with Crippen molar-refractivity contribution < 1.29 is 22.8 Å². The summed E-state index contributed by atoms with van der Waals surface area (Å²) in [5.41, 5.74) is -0.422. The van der Waals surface area contributed by atoms with E-state index in [4.69, 9.17) is 9.26 Å². The van der Waals surface area contributed by atoms with Crippen LogP contribution in [0, 0.1) is 23.5 Å². The Morgan fingerprint density at radius 2 is 1.86 bits per heavy atom. The third-order valence-electron chi connectivity index (χ3n) is 8.76. The lowest BCUT2D eigenvalue weighted by atomic mass is 9.58. The van der Waals surface area contributed by atoms with Gasteiger partial charge in [0.2, 0.25) is 0 Å². The minimum atomic E-state index is -0.826. The van der Waals surface area contributed by atoms with E-state index in [0.29, 0.717) is 31.4 Å². The highest BCUT2D eigenvalue weighted by atomic mass is 19.1. The number of hydrogen-bond acceptors (Lipinski definition) is 6. The monoisotopic (exact) mass is 483 g/mol. The summed E-state index contributed by atoms with van der Waals surface area (Å²) in [7, 11) is 4.64. The van der Waals surface area contributed by atoms with Gasteiger partial charge in [-0.05, 0) is 38.0 Å². The second-order valence-corrected chi connectivity index (χ2v) is 11.5. The molecule has 35 heavy (non-hydrogen) atoms. The van der Waals surface area contributed by atoms with Crippen LogP contribution in [0.5, 0.6) is 5.75 Å². The fourth-order valence-corrected chi connectivity index (χ4v) is 5.89. The number of benzene rings is 1. The van der Waals surface area contributed by atoms with Gasteiger partial charge in [0, 0.05) is 37.1 Å². The summed E-state index contributed by atoms with van der Waals surface area (Å²) in [6, 6.07) is 2.91. The van der Waals surface area contributed by atoms with E-state index in [0.717, 1.165) is 56.7 Å². The van der Waals surface area contributed by atoms with Gasteiger partial charge in [-0.1, -0.05) is 36.1 Å². The van der Waals surface area contributed by atoms with E-state index < -0.39 is 23.0 Å². The molecule has 0 spiro atoms. The summed E-state index contributed by atoms with van der Waals surface area (Å²) in [4.78, 5) is 18.8. The maximum absolute atomic E-state index is 14.4. The third-order valence-corrected chi connectivity index (χ3v) is 8.76. The second kappa shape index (κ2) is 8.93. The van der Waals surface area contributed by atoms with Crippen molar-refractivity contribution in [3.05, 3.63) is 35.2 Å². The van der Waals surface area contributed by atoms with Gasteiger partial charge in [0.15, 0.2) is 11.6 Å². The van der Waals surface area contributed by atoms with Gasteiger partial charge in [-0.2, -0.15) is 4.98 Å². The number of piperidine rings is 1. The maximum Gasteiger partial charge on any atom is 0.324 e. The number of aromatic nitrogens is 2. The SMILES string of the molecule is B[C@@]1(CCOc2cc(F)c(C(=O)C3CC3)c(F)c2)C[C@]1(B)C1CCN(c2nc(C(C)C)no2)CC1. The molecule has 0 N–H and O–H groups in total. The molecule has 1 saturated heterocycles. The molecule has 10 heteroatoms. The molecule has 3 fully saturated rings. The molecule has 2 atom stereocenters. The second-order valence-electron chi connectivity index (χ2n) is 11.5. The van der Waals surface area contributed by atoms with Crippen molar-refractivity contribution in [2.45, 2.75) is 68.9 Å². The van der Waals surface area contributed by atoms with Crippen molar-refractivity contribution in [2.75, 3.05) is 24.6 Å². The molecule has 2 saturated carbocycles. The Kier molecular flexibility index (Phi) is 6.20. The molecule has 0 amide bonds. The first-order valence-electron chi connectivity index (χ1n) is 12.9. The fraction of sp³-hybridized carbons (Fsp3) is 0.640. The van der Waals surface area contributed by atoms with Crippen molar-refractivity contribution in [1.82, 2.24) is 10.1 Å². The minimum absolute atomic E-state index is 0.133. The number of anilines is 1.